The number of halogens is 4. The largest absolute Gasteiger partial charge is 0.326 e. The fraction of sp³-hybridized carbons (Fsp3) is 0.133. The van der Waals surface area contributed by atoms with E-state index in [9.17, 15) is 30.8 Å². The second-order valence-electron chi connectivity index (χ2n) is 4.90. The van der Waals surface area contributed by atoms with Gasteiger partial charge in [0.1, 0.15) is 0 Å². The van der Waals surface area contributed by atoms with E-state index in [1.54, 1.807) is 0 Å². The summed E-state index contributed by atoms with van der Waals surface area (Å²) in [4.78, 5) is 11.2. The molecule has 0 spiro atoms. The van der Waals surface area contributed by atoms with Gasteiger partial charge in [-0.05, 0) is 30.3 Å². The normalized spacial score (nSPS) is 11.4. The molecule has 0 radical (unpaired) electrons. The van der Waals surface area contributed by atoms with Crippen LogP contribution in [-0.2, 0) is 14.8 Å². The summed E-state index contributed by atoms with van der Waals surface area (Å²) in [6.45, 7) is -0.336. The molecule has 0 bridgehead atoms. The lowest BCUT2D eigenvalue weighted by atomic mass is 10.3. The van der Waals surface area contributed by atoms with Crippen LogP contribution in [0.25, 0.3) is 0 Å². The molecule has 0 saturated heterocycles. The molecule has 0 heterocycles. The number of anilines is 1. The second-order valence-corrected chi connectivity index (χ2v) is 6.67. The molecule has 2 N–H and O–H groups in total. The average Bonchev–Trinajstić information content (AvgIpc) is 2.53. The number of hydrogen-bond acceptors (Lipinski definition) is 3. The molecule has 1 amide bonds. The molecule has 25 heavy (non-hydrogen) atoms. The number of carbonyl (C=O) groups is 1. The van der Waals surface area contributed by atoms with Gasteiger partial charge in [0.25, 0.3) is 0 Å². The predicted molar refractivity (Wildman–Crippen MR) is 81.2 cm³/mol. The Morgan fingerprint density at radius 3 is 2.08 bits per heavy atom. The fourth-order valence-corrected chi connectivity index (χ4v) is 2.87. The molecule has 0 aliphatic carbocycles. The van der Waals surface area contributed by atoms with E-state index in [-0.39, 0.29) is 18.7 Å². The summed E-state index contributed by atoms with van der Waals surface area (Å²) in [5.74, 6) is -5.38. The maximum Gasteiger partial charge on any atom is 0.240 e. The molecule has 0 aromatic heterocycles. The number of benzene rings is 2. The van der Waals surface area contributed by atoms with Crippen LogP contribution in [-0.4, -0.2) is 20.9 Å². The third-order valence-corrected chi connectivity index (χ3v) is 4.51. The molecule has 134 valence electrons. The van der Waals surface area contributed by atoms with E-state index in [1.807, 2.05) is 4.72 Å². The van der Waals surface area contributed by atoms with Gasteiger partial charge in [-0.2, -0.15) is 0 Å². The molecule has 0 atom stereocenters. The molecular formula is C15H12F4N2O3S. The Hall–Kier alpha value is -2.46. The van der Waals surface area contributed by atoms with Crippen molar-refractivity contribution >= 4 is 21.6 Å². The number of carbonyl (C=O) groups excluding carboxylic acids is 1. The molecule has 0 aliphatic heterocycles. The summed E-state index contributed by atoms with van der Waals surface area (Å²) in [6.07, 6.45) is -0.318. The van der Waals surface area contributed by atoms with Crippen LogP contribution in [0.4, 0.5) is 23.2 Å². The van der Waals surface area contributed by atoms with E-state index in [2.05, 4.69) is 5.32 Å². The minimum atomic E-state index is -4.13. The Labute approximate surface area is 140 Å². The first kappa shape index (κ1) is 18.9. The lowest BCUT2D eigenvalue weighted by Crippen LogP contribution is -2.28. The zero-order valence-corrected chi connectivity index (χ0v) is 13.3. The number of rotatable bonds is 6. The number of nitrogens with one attached hydrogen (secondary N) is 2. The second kappa shape index (κ2) is 7.62. The van der Waals surface area contributed by atoms with Crippen molar-refractivity contribution in [1.29, 1.82) is 0 Å². The standard InChI is InChI=1S/C15H12F4N2O3S/c16-11-3-1-9(7-13(11)18)21-15(22)5-6-20-25(23,24)10-2-4-12(17)14(19)8-10/h1-4,7-8,20H,5-6H2,(H,21,22). The summed E-state index contributed by atoms with van der Waals surface area (Å²) in [5, 5.41) is 2.26. The van der Waals surface area contributed by atoms with Gasteiger partial charge in [0, 0.05) is 24.7 Å². The lowest BCUT2D eigenvalue weighted by Gasteiger charge is -2.08. The van der Waals surface area contributed by atoms with Gasteiger partial charge in [0.05, 0.1) is 4.90 Å². The van der Waals surface area contributed by atoms with E-state index in [0.29, 0.717) is 12.1 Å². The predicted octanol–water partition coefficient (Wildman–Crippen LogP) is 2.55. The van der Waals surface area contributed by atoms with Gasteiger partial charge in [-0.25, -0.2) is 30.7 Å². The van der Waals surface area contributed by atoms with Crippen LogP contribution in [0.5, 0.6) is 0 Å². The van der Waals surface area contributed by atoms with Gasteiger partial charge in [0.2, 0.25) is 15.9 Å². The van der Waals surface area contributed by atoms with Crippen molar-refractivity contribution in [2.75, 3.05) is 11.9 Å². The Morgan fingerprint density at radius 2 is 1.48 bits per heavy atom. The van der Waals surface area contributed by atoms with Crippen LogP contribution in [0.15, 0.2) is 41.3 Å². The van der Waals surface area contributed by atoms with Crippen molar-refractivity contribution in [3.63, 3.8) is 0 Å². The SMILES string of the molecule is O=C(CCNS(=O)(=O)c1ccc(F)c(F)c1)Nc1ccc(F)c(F)c1. The molecule has 2 aromatic rings. The molecule has 0 unspecified atom stereocenters. The van der Waals surface area contributed by atoms with E-state index < -0.39 is 44.1 Å². The van der Waals surface area contributed by atoms with E-state index in [1.165, 1.54) is 0 Å². The highest BCUT2D eigenvalue weighted by Crippen LogP contribution is 2.14. The molecule has 2 aromatic carbocycles. The Kier molecular flexibility index (Phi) is 5.75. The third-order valence-electron chi connectivity index (χ3n) is 3.05. The smallest absolute Gasteiger partial charge is 0.240 e. The van der Waals surface area contributed by atoms with Crippen molar-refractivity contribution in [2.45, 2.75) is 11.3 Å². The van der Waals surface area contributed by atoms with Crippen LogP contribution in [0, 0.1) is 23.3 Å². The minimum absolute atomic E-state index is 0.00682. The van der Waals surface area contributed by atoms with Gasteiger partial charge in [-0.15, -0.1) is 0 Å². The van der Waals surface area contributed by atoms with Crippen molar-refractivity contribution in [2.24, 2.45) is 0 Å². The van der Waals surface area contributed by atoms with Crippen LogP contribution in [0.1, 0.15) is 6.42 Å². The highest BCUT2D eigenvalue weighted by molar-refractivity contribution is 7.89. The highest BCUT2D eigenvalue weighted by Gasteiger charge is 2.16. The number of hydrogen-bond donors (Lipinski definition) is 2. The molecule has 0 fully saturated rings. The highest BCUT2D eigenvalue weighted by atomic mass is 32.2. The first-order chi connectivity index (χ1) is 11.7. The third kappa shape index (κ3) is 5.00. The van der Waals surface area contributed by atoms with Gasteiger partial charge >= 0.3 is 0 Å². The van der Waals surface area contributed by atoms with Crippen molar-refractivity contribution in [1.82, 2.24) is 4.72 Å². The van der Waals surface area contributed by atoms with Crippen molar-refractivity contribution < 1.29 is 30.8 Å². The molecule has 2 rings (SSSR count). The fourth-order valence-electron chi connectivity index (χ4n) is 1.82. The molecule has 0 saturated carbocycles. The zero-order chi connectivity index (χ0) is 18.6. The maximum atomic E-state index is 13.1. The topological polar surface area (TPSA) is 75.3 Å². The quantitative estimate of drug-likeness (QED) is 0.761. The van der Waals surface area contributed by atoms with E-state index in [4.69, 9.17) is 0 Å². The average molecular weight is 376 g/mol. The van der Waals surface area contributed by atoms with Crippen LogP contribution < -0.4 is 10.0 Å². The Bertz CT molecular complexity index is 904. The minimum Gasteiger partial charge on any atom is -0.326 e. The number of sulfonamides is 1. The Morgan fingerprint density at radius 1 is 0.880 bits per heavy atom. The van der Waals surface area contributed by atoms with Crippen LogP contribution in [0.2, 0.25) is 0 Å². The monoisotopic (exact) mass is 376 g/mol. The van der Waals surface area contributed by atoms with Crippen molar-refractivity contribution in [3.05, 3.63) is 59.7 Å². The molecule has 5 nitrogen and oxygen atoms in total. The van der Waals surface area contributed by atoms with Crippen LogP contribution >= 0.6 is 0 Å². The van der Waals surface area contributed by atoms with Crippen LogP contribution in [0.3, 0.4) is 0 Å². The van der Waals surface area contributed by atoms with E-state index in [0.717, 1.165) is 24.3 Å². The van der Waals surface area contributed by atoms with Crippen molar-refractivity contribution in [3.8, 4) is 0 Å². The molecular weight excluding hydrogens is 364 g/mol. The van der Waals surface area contributed by atoms with Gasteiger partial charge in [-0.1, -0.05) is 0 Å². The molecule has 10 heteroatoms. The first-order valence-electron chi connectivity index (χ1n) is 6.88. The lowest BCUT2D eigenvalue weighted by molar-refractivity contribution is -0.116. The van der Waals surface area contributed by atoms with Gasteiger partial charge < -0.3 is 5.32 Å². The summed E-state index contributed by atoms with van der Waals surface area (Å²) >= 11 is 0. The summed E-state index contributed by atoms with van der Waals surface area (Å²) in [5.41, 5.74) is 0.00682. The Balaban J connectivity index is 1.91. The maximum absolute atomic E-state index is 13.1. The van der Waals surface area contributed by atoms with Gasteiger partial charge in [-0.3, -0.25) is 4.79 Å². The number of amides is 1. The van der Waals surface area contributed by atoms with E-state index >= 15 is 0 Å². The molecule has 0 aliphatic rings. The summed E-state index contributed by atoms with van der Waals surface area (Å²) in [7, 11) is -4.13. The first-order valence-corrected chi connectivity index (χ1v) is 8.37. The zero-order valence-electron chi connectivity index (χ0n) is 12.5. The summed E-state index contributed by atoms with van der Waals surface area (Å²) in [6, 6.07) is 4.80. The summed E-state index contributed by atoms with van der Waals surface area (Å²) < 4.78 is 77.5. The van der Waals surface area contributed by atoms with Gasteiger partial charge in [0.15, 0.2) is 23.3 Å².